The Morgan fingerprint density at radius 2 is 2.10 bits per heavy atom. The van der Waals surface area contributed by atoms with Crippen molar-refractivity contribution in [2.75, 3.05) is 0 Å². The quantitative estimate of drug-likeness (QED) is 0.662. The molecule has 3 rings (SSSR count). The van der Waals surface area contributed by atoms with Crippen LogP contribution in [-0.4, -0.2) is 23.1 Å². The third kappa shape index (κ3) is 2.07. The van der Waals surface area contributed by atoms with Crippen LogP contribution < -0.4 is 5.32 Å². The fraction of sp³-hybridized carbons (Fsp3) is 0.200. The summed E-state index contributed by atoms with van der Waals surface area (Å²) in [7, 11) is 0. The number of hydrogen-bond acceptors (Lipinski definition) is 4. The summed E-state index contributed by atoms with van der Waals surface area (Å²) in [6.45, 7) is 0. The second kappa shape index (κ2) is 4.85. The van der Waals surface area contributed by atoms with E-state index in [0.29, 0.717) is 18.4 Å². The largest absolute Gasteiger partial charge is 0.298 e. The third-order valence-corrected chi connectivity index (χ3v) is 3.56. The Labute approximate surface area is 115 Å². The minimum Gasteiger partial charge on any atom is -0.298 e. The zero-order valence-electron chi connectivity index (χ0n) is 10.6. The zero-order valence-corrected chi connectivity index (χ0v) is 10.6. The van der Waals surface area contributed by atoms with Crippen LogP contribution in [0.15, 0.2) is 30.6 Å². The maximum atomic E-state index is 12.0. The second-order valence-corrected chi connectivity index (χ2v) is 4.83. The minimum absolute atomic E-state index is 0.234. The predicted octanol–water partition coefficient (Wildman–Crippen LogP) is 1.57. The van der Waals surface area contributed by atoms with Crippen molar-refractivity contribution in [3.05, 3.63) is 41.7 Å². The van der Waals surface area contributed by atoms with Crippen LogP contribution in [0.1, 0.15) is 34.7 Å². The number of benzene rings is 1. The van der Waals surface area contributed by atoms with Gasteiger partial charge in [-0.2, -0.15) is 0 Å². The van der Waals surface area contributed by atoms with Gasteiger partial charge < -0.3 is 0 Å². The van der Waals surface area contributed by atoms with E-state index in [4.69, 9.17) is 0 Å². The Balaban J connectivity index is 2.09. The fourth-order valence-corrected chi connectivity index (χ4v) is 2.56. The zero-order chi connectivity index (χ0) is 14.1. The lowest BCUT2D eigenvalue weighted by Gasteiger charge is -2.22. The number of carbonyl (C=O) groups excluding carboxylic acids is 3. The normalized spacial score (nSPS) is 18.9. The molecule has 0 radical (unpaired) electrons. The highest BCUT2D eigenvalue weighted by atomic mass is 16.2. The smallest absolute Gasteiger partial charge is 0.234 e. The highest BCUT2D eigenvalue weighted by molar-refractivity contribution is 6.03. The molecule has 20 heavy (non-hydrogen) atoms. The molecule has 1 N–H and O–H groups in total. The Kier molecular flexibility index (Phi) is 3.02. The van der Waals surface area contributed by atoms with Gasteiger partial charge in [-0.3, -0.25) is 24.7 Å². The summed E-state index contributed by atoms with van der Waals surface area (Å²) in [6, 6.07) is 5.27. The van der Waals surface area contributed by atoms with Crippen LogP contribution in [0.5, 0.6) is 0 Å². The van der Waals surface area contributed by atoms with Crippen molar-refractivity contribution in [1.29, 1.82) is 0 Å². The van der Waals surface area contributed by atoms with Gasteiger partial charge in [-0.1, -0.05) is 12.1 Å². The molecule has 0 saturated carbocycles. The van der Waals surface area contributed by atoms with Gasteiger partial charge in [0.05, 0.1) is 5.92 Å². The topological polar surface area (TPSA) is 76.1 Å². The van der Waals surface area contributed by atoms with Crippen LogP contribution in [0.2, 0.25) is 0 Å². The molecule has 5 nitrogen and oxygen atoms in total. The number of aromatic nitrogens is 1. The molecule has 1 aromatic carbocycles. The van der Waals surface area contributed by atoms with Crippen molar-refractivity contribution < 1.29 is 14.4 Å². The summed E-state index contributed by atoms with van der Waals surface area (Å²) in [6.07, 6.45) is 4.92. The molecule has 1 fully saturated rings. The number of nitrogens with zero attached hydrogens (tertiary/aromatic N) is 1. The average Bonchev–Trinajstić information content (AvgIpc) is 2.46. The summed E-state index contributed by atoms with van der Waals surface area (Å²) in [5, 5.41) is 4.06. The van der Waals surface area contributed by atoms with Crippen molar-refractivity contribution >= 4 is 28.9 Å². The first-order valence-electron chi connectivity index (χ1n) is 6.35. The van der Waals surface area contributed by atoms with Crippen LogP contribution >= 0.6 is 0 Å². The molecule has 0 bridgehead atoms. The lowest BCUT2D eigenvalue weighted by Crippen LogP contribution is -2.39. The molecular formula is C15H12N2O3. The summed E-state index contributed by atoms with van der Waals surface area (Å²) < 4.78 is 0. The number of nitrogens with one attached hydrogen (secondary N) is 1. The van der Waals surface area contributed by atoms with Crippen LogP contribution in [-0.2, 0) is 9.59 Å². The molecule has 1 atom stereocenters. The third-order valence-electron chi connectivity index (χ3n) is 3.56. The first-order valence-corrected chi connectivity index (χ1v) is 6.35. The van der Waals surface area contributed by atoms with Gasteiger partial charge in [0.25, 0.3) is 0 Å². The van der Waals surface area contributed by atoms with Crippen LogP contribution in [0, 0.1) is 0 Å². The van der Waals surface area contributed by atoms with E-state index in [1.165, 1.54) is 0 Å². The Morgan fingerprint density at radius 1 is 1.25 bits per heavy atom. The van der Waals surface area contributed by atoms with Crippen molar-refractivity contribution in [1.82, 2.24) is 10.3 Å². The van der Waals surface area contributed by atoms with Crippen molar-refractivity contribution in [3.63, 3.8) is 0 Å². The summed E-state index contributed by atoms with van der Waals surface area (Å²) >= 11 is 0. The van der Waals surface area contributed by atoms with Crippen LogP contribution in [0.3, 0.4) is 0 Å². The van der Waals surface area contributed by atoms with Crippen molar-refractivity contribution in [2.45, 2.75) is 18.8 Å². The van der Waals surface area contributed by atoms with E-state index in [9.17, 15) is 14.4 Å². The van der Waals surface area contributed by atoms with Crippen molar-refractivity contribution in [2.24, 2.45) is 0 Å². The number of rotatable bonds is 2. The number of fused-ring (bicyclic) bond motifs is 1. The average molecular weight is 268 g/mol. The molecule has 2 aromatic rings. The Morgan fingerprint density at radius 3 is 2.85 bits per heavy atom. The molecule has 1 aliphatic rings. The van der Waals surface area contributed by atoms with Gasteiger partial charge in [-0.05, 0) is 23.4 Å². The summed E-state index contributed by atoms with van der Waals surface area (Å²) in [5.41, 5.74) is 1.37. The van der Waals surface area contributed by atoms with E-state index < -0.39 is 0 Å². The SMILES string of the molecule is O=Cc1ccc2c(C3CCC(=O)NC3=O)cncc2c1. The molecule has 2 heterocycles. The van der Waals surface area contributed by atoms with E-state index in [1.54, 1.807) is 24.5 Å². The van der Waals surface area contributed by atoms with Gasteiger partial charge in [0.2, 0.25) is 11.8 Å². The highest BCUT2D eigenvalue weighted by Crippen LogP contribution is 2.30. The number of imide groups is 1. The lowest BCUT2D eigenvalue weighted by atomic mass is 9.88. The summed E-state index contributed by atoms with van der Waals surface area (Å²) in [5.74, 6) is -0.885. The molecule has 5 heteroatoms. The van der Waals surface area contributed by atoms with Gasteiger partial charge in [-0.25, -0.2) is 0 Å². The van der Waals surface area contributed by atoms with Crippen LogP contribution in [0.4, 0.5) is 0 Å². The molecule has 100 valence electrons. The molecule has 1 saturated heterocycles. The molecule has 2 amide bonds. The molecule has 0 spiro atoms. The van der Waals surface area contributed by atoms with Crippen LogP contribution in [0.25, 0.3) is 10.8 Å². The molecule has 1 aliphatic heterocycles. The maximum Gasteiger partial charge on any atom is 0.234 e. The number of hydrogen-bond donors (Lipinski definition) is 1. The van der Waals surface area contributed by atoms with Gasteiger partial charge in [0.1, 0.15) is 6.29 Å². The predicted molar refractivity (Wildman–Crippen MR) is 72.3 cm³/mol. The van der Waals surface area contributed by atoms with Gasteiger partial charge in [-0.15, -0.1) is 0 Å². The van der Waals surface area contributed by atoms with E-state index >= 15 is 0 Å². The molecule has 1 unspecified atom stereocenters. The van der Waals surface area contributed by atoms with E-state index in [-0.39, 0.29) is 17.7 Å². The first-order chi connectivity index (χ1) is 9.69. The molecule has 1 aromatic heterocycles. The number of carbonyl (C=O) groups is 3. The van der Waals surface area contributed by atoms with E-state index in [2.05, 4.69) is 10.3 Å². The molecular weight excluding hydrogens is 256 g/mol. The number of aldehydes is 1. The molecule has 0 aliphatic carbocycles. The maximum absolute atomic E-state index is 12.0. The monoisotopic (exact) mass is 268 g/mol. The number of pyridine rings is 1. The van der Waals surface area contributed by atoms with E-state index in [0.717, 1.165) is 22.6 Å². The standard InChI is InChI=1S/C15H12N2O3/c18-8-9-1-2-11-10(5-9)6-16-7-13(11)12-3-4-14(19)17-15(12)20/h1-2,5-8,12H,3-4H2,(H,17,19,20). The van der Waals surface area contributed by atoms with Gasteiger partial charge in [0.15, 0.2) is 0 Å². The van der Waals surface area contributed by atoms with E-state index in [1.807, 2.05) is 6.07 Å². The Hall–Kier alpha value is -2.56. The minimum atomic E-state index is -0.369. The number of piperidine rings is 1. The summed E-state index contributed by atoms with van der Waals surface area (Å²) in [4.78, 5) is 38.1. The fourth-order valence-electron chi connectivity index (χ4n) is 2.56. The Bertz CT molecular complexity index is 724. The van der Waals surface area contributed by atoms with Gasteiger partial charge >= 0.3 is 0 Å². The number of amides is 2. The van der Waals surface area contributed by atoms with Crippen molar-refractivity contribution in [3.8, 4) is 0 Å². The lowest BCUT2D eigenvalue weighted by molar-refractivity contribution is -0.134. The highest BCUT2D eigenvalue weighted by Gasteiger charge is 2.29. The van der Waals surface area contributed by atoms with Gasteiger partial charge in [0, 0.05) is 29.8 Å². The first kappa shape index (κ1) is 12.5. The second-order valence-electron chi connectivity index (χ2n) is 4.83.